The minimum Gasteiger partial charge on any atom is -0.856 e. The molecule has 1 aromatic carbocycles. The first kappa shape index (κ1) is 17.7. The van der Waals surface area contributed by atoms with E-state index in [4.69, 9.17) is 0 Å². The Labute approximate surface area is 131 Å². The molecule has 0 radical (unpaired) electrons. The van der Waals surface area contributed by atoms with Crippen molar-refractivity contribution in [1.29, 1.82) is 0 Å². The normalized spacial score (nSPS) is 12.6. The molecule has 118 valence electrons. The number of nitrogens with one attached hydrogen (secondary N) is 1. The number of nitrogens with zero attached hydrogens (tertiary/aromatic N) is 2. The van der Waals surface area contributed by atoms with Crippen molar-refractivity contribution in [2.24, 2.45) is 5.10 Å². The summed E-state index contributed by atoms with van der Waals surface area (Å²) < 4.78 is 0.0314. The number of rotatable bonds is 6. The summed E-state index contributed by atoms with van der Waals surface area (Å²) in [6.07, 6.45) is 2.88. The first-order valence-corrected chi connectivity index (χ1v) is 6.92. The van der Waals surface area contributed by atoms with Crippen molar-refractivity contribution in [3.63, 3.8) is 0 Å². The van der Waals surface area contributed by atoms with Gasteiger partial charge < -0.3 is 10.4 Å². The van der Waals surface area contributed by atoms with Crippen LogP contribution < -0.4 is 15.0 Å². The van der Waals surface area contributed by atoms with Gasteiger partial charge in [-0.2, -0.15) is 4.59 Å². The summed E-state index contributed by atoms with van der Waals surface area (Å²) in [5.74, 6) is -0.824. The van der Waals surface area contributed by atoms with Crippen LogP contribution in [0.25, 0.3) is 6.08 Å². The number of benzene rings is 1. The van der Waals surface area contributed by atoms with Crippen LogP contribution in [0.4, 0.5) is 5.69 Å². The molecule has 0 fully saturated rings. The molecule has 0 saturated heterocycles. The van der Waals surface area contributed by atoms with Crippen LogP contribution in [0.1, 0.15) is 19.4 Å². The van der Waals surface area contributed by atoms with E-state index >= 15 is 0 Å². The highest BCUT2D eigenvalue weighted by Gasteiger charge is 2.25. The molecule has 1 rings (SSSR count). The van der Waals surface area contributed by atoms with E-state index in [2.05, 4.69) is 23.6 Å². The average molecular weight is 301 g/mol. The lowest BCUT2D eigenvalue weighted by Crippen LogP contribution is -2.56. The van der Waals surface area contributed by atoms with Gasteiger partial charge in [-0.25, -0.2) is 0 Å². The van der Waals surface area contributed by atoms with Crippen molar-refractivity contribution in [1.82, 2.24) is 9.91 Å². The predicted octanol–water partition coefficient (Wildman–Crippen LogP) is 1.65. The Hall–Kier alpha value is -2.40. The van der Waals surface area contributed by atoms with Gasteiger partial charge >= 0.3 is 0 Å². The molecule has 5 heteroatoms. The van der Waals surface area contributed by atoms with Gasteiger partial charge in [0.15, 0.2) is 5.69 Å². The van der Waals surface area contributed by atoms with Gasteiger partial charge in [-0.15, -0.1) is 0 Å². The molecule has 0 spiro atoms. The van der Waals surface area contributed by atoms with Crippen molar-refractivity contribution in [2.45, 2.75) is 19.4 Å². The van der Waals surface area contributed by atoms with Crippen molar-refractivity contribution >= 4 is 23.6 Å². The van der Waals surface area contributed by atoms with Crippen LogP contribution in [0.5, 0.6) is 0 Å². The minimum absolute atomic E-state index is 0.0314. The van der Waals surface area contributed by atoms with Crippen LogP contribution in [-0.4, -0.2) is 31.4 Å². The SMILES string of the molecule is C=CC(=O)NC(C)(C)C([O-])=N[N+](C)(C)c1ccc(C=C)cc1. The van der Waals surface area contributed by atoms with Gasteiger partial charge in [-0.3, -0.25) is 4.79 Å². The Bertz CT molecular complexity index is 599. The Morgan fingerprint density at radius 1 is 1.27 bits per heavy atom. The van der Waals surface area contributed by atoms with Crippen LogP contribution in [0.15, 0.2) is 48.6 Å². The molecule has 1 aromatic rings. The molecule has 0 atom stereocenters. The molecule has 0 aliphatic heterocycles. The zero-order chi connectivity index (χ0) is 17.0. The largest absolute Gasteiger partial charge is 0.856 e. The summed E-state index contributed by atoms with van der Waals surface area (Å²) in [5.41, 5.74) is 0.750. The Morgan fingerprint density at radius 3 is 2.27 bits per heavy atom. The highest BCUT2D eigenvalue weighted by atomic mass is 16.3. The fraction of sp³-hybridized carbons (Fsp3) is 0.294. The third-order valence-electron chi connectivity index (χ3n) is 3.26. The standard InChI is InChI=1S/C17H23N3O2/c1-7-13-9-11-14(12-10-13)20(5,6)19-16(22)17(3,4)18-15(21)8-2/h7-12H,1-2H2,3-6H3,(H-,18,19,21,22). The summed E-state index contributed by atoms with van der Waals surface area (Å²) in [4.78, 5) is 11.4. The summed E-state index contributed by atoms with van der Waals surface area (Å²) >= 11 is 0. The fourth-order valence-corrected chi connectivity index (χ4v) is 1.80. The second-order valence-corrected chi connectivity index (χ2v) is 5.91. The molecule has 0 unspecified atom stereocenters. The number of hydrogen-bond donors (Lipinski definition) is 1. The maximum atomic E-state index is 12.4. The van der Waals surface area contributed by atoms with E-state index in [0.717, 1.165) is 17.3 Å². The molecule has 1 N–H and O–H groups in total. The Morgan fingerprint density at radius 2 is 1.82 bits per heavy atom. The molecule has 5 nitrogen and oxygen atoms in total. The summed E-state index contributed by atoms with van der Waals surface area (Å²) in [6.45, 7) is 10.3. The lowest BCUT2D eigenvalue weighted by Gasteiger charge is -2.33. The lowest BCUT2D eigenvalue weighted by molar-refractivity contribution is -0.227. The van der Waals surface area contributed by atoms with Crippen LogP contribution in [0, 0.1) is 0 Å². The zero-order valence-corrected chi connectivity index (χ0v) is 13.6. The maximum absolute atomic E-state index is 12.4. The zero-order valence-electron chi connectivity index (χ0n) is 13.6. The first-order chi connectivity index (χ1) is 10.1. The predicted molar refractivity (Wildman–Crippen MR) is 90.0 cm³/mol. The van der Waals surface area contributed by atoms with Crippen molar-refractivity contribution < 1.29 is 9.90 Å². The number of amides is 1. The molecular weight excluding hydrogens is 278 g/mol. The number of carbonyl (C=O) groups excluding carboxylic acids is 1. The first-order valence-electron chi connectivity index (χ1n) is 6.92. The van der Waals surface area contributed by atoms with Crippen molar-refractivity contribution in [3.05, 3.63) is 49.1 Å². The Kier molecular flexibility index (Phi) is 5.28. The lowest BCUT2D eigenvalue weighted by atomic mass is 10.1. The molecular formula is C17H23N3O2. The van der Waals surface area contributed by atoms with E-state index < -0.39 is 17.3 Å². The Balaban J connectivity index is 3.07. The van der Waals surface area contributed by atoms with Crippen LogP contribution in [-0.2, 0) is 4.79 Å². The third kappa shape index (κ3) is 4.30. The van der Waals surface area contributed by atoms with E-state index in [-0.39, 0.29) is 4.59 Å². The second-order valence-electron chi connectivity index (χ2n) is 5.91. The van der Waals surface area contributed by atoms with Crippen LogP contribution in [0.3, 0.4) is 0 Å². The molecule has 1 amide bonds. The molecule has 0 bridgehead atoms. The maximum Gasteiger partial charge on any atom is 0.244 e. The number of quaternary nitrogens is 1. The van der Waals surface area contributed by atoms with Gasteiger partial charge in [-0.05, 0) is 37.6 Å². The van der Waals surface area contributed by atoms with Crippen molar-refractivity contribution in [3.8, 4) is 0 Å². The molecule has 0 aliphatic rings. The van der Waals surface area contributed by atoms with E-state index in [1.807, 2.05) is 24.3 Å². The van der Waals surface area contributed by atoms with Crippen LogP contribution in [0.2, 0.25) is 0 Å². The quantitative estimate of drug-likeness (QED) is 0.285. The average Bonchev–Trinajstić information content (AvgIpc) is 2.46. The van der Waals surface area contributed by atoms with Crippen molar-refractivity contribution in [2.75, 3.05) is 14.1 Å². The third-order valence-corrected chi connectivity index (χ3v) is 3.26. The van der Waals surface area contributed by atoms with Gasteiger partial charge in [0, 0.05) is 18.0 Å². The monoisotopic (exact) mass is 301 g/mol. The molecule has 0 heterocycles. The van der Waals surface area contributed by atoms with Gasteiger partial charge in [0.05, 0.1) is 19.6 Å². The van der Waals surface area contributed by atoms with E-state index in [9.17, 15) is 9.90 Å². The molecule has 0 aromatic heterocycles. The molecule has 22 heavy (non-hydrogen) atoms. The number of carbonyl (C=O) groups is 1. The summed E-state index contributed by atoms with van der Waals surface area (Å²) in [5, 5.41) is 19.2. The summed E-state index contributed by atoms with van der Waals surface area (Å²) in [6, 6.07) is 7.60. The van der Waals surface area contributed by atoms with Gasteiger partial charge in [-0.1, -0.05) is 24.3 Å². The minimum atomic E-state index is -1.10. The highest BCUT2D eigenvalue weighted by Crippen LogP contribution is 2.21. The topological polar surface area (TPSA) is 64.5 Å². The van der Waals surface area contributed by atoms with Gasteiger partial charge in [0.25, 0.3) is 0 Å². The molecule has 0 aliphatic carbocycles. The number of hydrogen-bond acceptors (Lipinski definition) is 3. The fourth-order valence-electron chi connectivity index (χ4n) is 1.80. The van der Waals surface area contributed by atoms with E-state index in [1.165, 1.54) is 0 Å². The van der Waals surface area contributed by atoms with Crippen LogP contribution >= 0.6 is 0 Å². The van der Waals surface area contributed by atoms with Gasteiger partial charge in [0.1, 0.15) is 0 Å². The smallest absolute Gasteiger partial charge is 0.244 e. The van der Waals surface area contributed by atoms with E-state index in [0.29, 0.717) is 0 Å². The highest BCUT2D eigenvalue weighted by molar-refractivity contribution is 5.93. The van der Waals surface area contributed by atoms with E-state index in [1.54, 1.807) is 34.0 Å². The molecule has 0 saturated carbocycles. The van der Waals surface area contributed by atoms with Gasteiger partial charge in [0.2, 0.25) is 5.91 Å². The second kappa shape index (κ2) is 6.58. The summed E-state index contributed by atoms with van der Waals surface area (Å²) in [7, 11) is 3.60.